The second-order valence-electron chi connectivity index (χ2n) is 7.07. The number of carbonyl (C=O) groups is 1. The van der Waals surface area contributed by atoms with Crippen molar-refractivity contribution in [1.82, 2.24) is 10.5 Å². The van der Waals surface area contributed by atoms with E-state index < -0.39 is 11.3 Å². The monoisotopic (exact) mass is 366 g/mol. The van der Waals surface area contributed by atoms with Crippen molar-refractivity contribution in [2.24, 2.45) is 5.41 Å². The molecule has 0 saturated heterocycles. The molecule has 1 fully saturated rings. The molecular formula is C21H19FN2O3. The summed E-state index contributed by atoms with van der Waals surface area (Å²) in [7, 11) is 0. The molecule has 0 bridgehead atoms. The first-order valence-electron chi connectivity index (χ1n) is 8.68. The van der Waals surface area contributed by atoms with Crippen LogP contribution in [-0.4, -0.2) is 16.1 Å². The topological polar surface area (TPSA) is 75.4 Å². The van der Waals surface area contributed by atoms with Crippen LogP contribution in [0.5, 0.6) is 0 Å². The van der Waals surface area contributed by atoms with Crippen LogP contribution in [0.1, 0.15) is 35.8 Å². The minimum atomic E-state index is -0.929. The Bertz CT molecular complexity index is 999. The average molecular weight is 366 g/mol. The molecule has 6 heteroatoms. The highest BCUT2D eigenvalue weighted by Crippen LogP contribution is 2.70. The van der Waals surface area contributed by atoms with Crippen molar-refractivity contribution in [3.8, 4) is 11.3 Å². The largest absolute Gasteiger partial charge is 0.441 e. The number of oxazole rings is 1. The van der Waals surface area contributed by atoms with Gasteiger partial charge in [-0.3, -0.25) is 10.0 Å². The van der Waals surface area contributed by atoms with Crippen LogP contribution in [0.15, 0.2) is 59.1 Å². The van der Waals surface area contributed by atoms with Crippen LogP contribution in [0, 0.1) is 18.2 Å². The maximum absolute atomic E-state index is 14.4. The van der Waals surface area contributed by atoms with Gasteiger partial charge in [0.1, 0.15) is 5.82 Å². The van der Waals surface area contributed by atoms with Crippen molar-refractivity contribution in [2.75, 3.05) is 0 Å². The van der Waals surface area contributed by atoms with Crippen LogP contribution in [-0.2, 0) is 4.79 Å². The van der Waals surface area contributed by atoms with Crippen LogP contribution < -0.4 is 5.48 Å². The summed E-state index contributed by atoms with van der Waals surface area (Å²) in [4.78, 5) is 16.5. The van der Waals surface area contributed by atoms with Crippen LogP contribution >= 0.6 is 0 Å². The molecule has 27 heavy (non-hydrogen) atoms. The number of amides is 1. The molecule has 4 rings (SSSR count). The summed E-state index contributed by atoms with van der Waals surface area (Å²) < 4.78 is 19.9. The van der Waals surface area contributed by atoms with Gasteiger partial charge in [0, 0.05) is 24.3 Å². The predicted molar refractivity (Wildman–Crippen MR) is 96.6 cm³/mol. The fraction of sp³-hybridized carbons (Fsp3) is 0.238. The minimum absolute atomic E-state index is 0.243. The number of nitrogens with one attached hydrogen (secondary N) is 1. The summed E-state index contributed by atoms with van der Waals surface area (Å²) in [6.45, 7) is 3.52. The van der Waals surface area contributed by atoms with Crippen LogP contribution in [0.3, 0.4) is 0 Å². The summed E-state index contributed by atoms with van der Waals surface area (Å²) in [6.07, 6.45) is 1.66. The first-order chi connectivity index (χ1) is 13.0. The number of hydrogen-bond donors (Lipinski definition) is 2. The lowest BCUT2D eigenvalue weighted by Crippen LogP contribution is -2.29. The van der Waals surface area contributed by atoms with Crippen LogP contribution in [0.2, 0.25) is 0 Å². The SMILES string of the molecule is Cc1ncc(-c2ccc([C@@H]3[C@@H](c4ccccc4F)[C@@]3(C)C(=O)NO)cc2)o1. The Labute approximate surface area is 155 Å². The van der Waals surface area contributed by atoms with Crippen molar-refractivity contribution in [3.05, 3.63) is 77.6 Å². The molecule has 1 amide bonds. The lowest BCUT2D eigenvalue weighted by molar-refractivity contribution is -0.134. The zero-order valence-electron chi connectivity index (χ0n) is 14.9. The summed E-state index contributed by atoms with van der Waals surface area (Å²) >= 11 is 0. The number of aryl methyl sites for hydroxylation is 1. The second-order valence-corrected chi connectivity index (χ2v) is 7.07. The molecule has 1 heterocycles. The van der Waals surface area contributed by atoms with E-state index in [4.69, 9.17) is 4.42 Å². The van der Waals surface area contributed by atoms with Gasteiger partial charge in [-0.15, -0.1) is 0 Å². The van der Waals surface area contributed by atoms with Crippen molar-refractivity contribution in [3.63, 3.8) is 0 Å². The molecule has 0 radical (unpaired) electrons. The van der Waals surface area contributed by atoms with Gasteiger partial charge in [-0.2, -0.15) is 0 Å². The summed E-state index contributed by atoms with van der Waals surface area (Å²) in [6, 6.07) is 14.0. The number of benzene rings is 2. The Kier molecular flexibility index (Phi) is 4.08. The zero-order chi connectivity index (χ0) is 19.2. The average Bonchev–Trinajstić information content (AvgIpc) is 3.07. The minimum Gasteiger partial charge on any atom is -0.441 e. The van der Waals surface area contributed by atoms with Gasteiger partial charge in [-0.05, 0) is 24.1 Å². The predicted octanol–water partition coefficient (Wildman–Crippen LogP) is 4.18. The maximum Gasteiger partial charge on any atom is 0.250 e. The van der Waals surface area contributed by atoms with Crippen molar-refractivity contribution in [2.45, 2.75) is 25.7 Å². The molecular weight excluding hydrogens is 347 g/mol. The Balaban J connectivity index is 1.70. The molecule has 3 atom stereocenters. The number of nitrogens with zero attached hydrogens (tertiary/aromatic N) is 1. The fourth-order valence-corrected chi connectivity index (χ4v) is 4.03. The second kappa shape index (κ2) is 6.32. The molecule has 1 aliphatic rings. The van der Waals surface area contributed by atoms with Crippen LogP contribution in [0.25, 0.3) is 11.3 Å². The van der Waals surface area contributed by atoms with E-state index in [9.17, 15) is 14.4 Å². The number of halogens is 1. The quantitative estimate of drug-likeness (QED) is 0.536. The van der Waals surface area contributed by atoms with E-state index in [1.807, 2.05) is 24.3 Å². The van der Waals surface area contributed by atoms with Crippen molar-refractivity contribution >= 4 is 5.91 Å². The molecule has 2 aromatic carbocycles. The molecule has 0 aliphatic heterocycles. The lowest BCUT2D eigenvalue weighted by atomic mass is 9.98. The van der Waals surface area contributed by atoms with Crippen molar-refractivity contribution in [1.29, 1.82) is 0 Å². The Hall–Kier alpha value is -2.99. The van der Waals surface area contributed by atoms with Gasteiger partial charge in [-0.1, -0.05) is 42.5 Å². The van der Waals surface area contributed by atoms with E-state index in [-0.39, 0.29) is 17.7 Å². The number of hydroxylamine groups is 1. The Morgan fingerprint density at radius 3 is 2.48 bits per heavy atom. The maximum atomic E-state index is 14.4. The summed E-state index contributed by atoms with van der Waals surface area (Å²) in [5, 5.41) is 9.19. The normalized spacial score (nSPS) is 23.9. The Morgan fingerprint density at radius 1 is 1.19 bits per heavy atom. The smallest absolute Gasteiger partial charge is 0.250 e. The zero-order valence-corrected chi connectivity index (χ0v) is 14.9. The molecule has 0 unspecified atom stereocenters. The molecule has 1 aromatic heterocycles. The van der Waals surface area contributed by atoms with E-state index in [2.05, 4.69) is 4.98 Å². The fourth-order valence-electron chi connectivity index (χ4n) is 4.03. The van der Waals surface area contributed by atoms with Crippen molar-refractivity contribution < 1.29 is 18.8 Å². The molecule has 2 N–H and O–H groups in total. The van der Waals surface area contributed by atoms with Gasteiger partial charge in [0.15, 0.2) is 11.7 Å². The molecule has 5 nitrogen and oxygen atoms in total. The third kappa shape index (κ3) is 2.73. The number of hydrogen-bond acceptors (Lipinski definition) is 4. The number of carbonyl (C=O) groups excluding carboxylic acids is 1. The van der Waals surface area contributed by atoms with Gasteiger partial charge in [0.05, 0.1) is 11.6 Å². The van der Waals surface area contributed by atoms with E-state index in [0.717, 1.165) is 11.1 Å². The highest BCUT2D eigenvalue weighted by molar-refractivity contribution is 5.88. The van der Waals surface area contributed by atoms with E-state index >= 15 is 0 Å². The van der Waals surface area contributed by atoms with E-state index in [1.165, 1.54) is 6.07 Å². The van der Waals surface area contributed by atoms with E-state index in [0.29, 0.717) is 17.2 Å². The molecule has 138 valence electrons. The van der Waals surface area contributed by atoms with Gasteiger partial charge >= 0.3 is 0 Å². The Morgan fingerprint density at radius 2 is 1.89 bits per heavy atom. The van der Waals surface area contributed by atoms with Gasteiger partial charge in [0.2, 0.25) is 0 Å². The number of rotatable bonds is 4. The van der Waals surface area contributed by atoms with Gasteiger partial charge in [-0.25, -0.2) is 14.9 Å². The highest BCUT2D eigenvalue weighted by Gasteiger charge is 2.67. The first kappa shape index (κ1) is 17.4. The molecule has 1 aliphatic carbocycles. The highest BCUT2D eigenvalue weighted by atomic mass is 19.1. The van der Waals surface area contributed by atoms with Gasteiger partial charge < -0.3 is 4.42 Å². The summed E-state index contributed by atoms with van der Waals surface area (Å²) in [5.74, 6) is -0.220. The summed E-state index contributed by atoms with van der Waals surface area (Å²) in [5.41, 5.74) is 3.06. The third-order valence-corrected chi connectivity index (χ3v) is 5.52. The molecule has 3 aromatic rings. The standard InChI is InChI=1S/C21H19FN2O3/c1-12-23-11-17(27-12)13-7-9-14(10-8-13)18-19(21(18,2)20(25)24-26)15-5-3-4-6-16(15)22/h3-11,18-19,26H,1-2H3,(H,24,25)/t18-,19-,21+/m1/s1. The molecule has 0 spiro atoms. The lowest BCUT2D eigenvalue weighted by Gasteiger charge is -2.09. The van der Waals surface area contributed by atoms with Gasteiger partial charge in [0.25, 0.3) is 5.91 Å². The number of aromatic nitrogens is 1. The first-order valence-corrected chi connectivity index (χ1v) is 8.68. The van der Waals surface area contributed by atoms with Crippen LogP contribution in [0.4, 0.5) is 4.39 Å². The van der Waals surface area contributed by atoms with E-state index in [1.54, 1.807) is 43.7 Å². The third-order valence-electron chi connectivity index (χ3n) is 5.52. The molecule has 1 saturated carbocycles.